The van der Waals surface area contributed by atoms with Gasteiger partial charge in [-0.05, 0) is 19.1 Å². The summed E-state index contributed by atoms with van der Waals surface area (Å²) in [5.74, 6) is -0.484. The molecule has 2 rings (SSSR count). The number of carbonyl (C=O) groups excluding carboxylic acids is 2. The lowest BCUT2D eigenvalue weighted by Crippen LogP contribution is -2.49. The van der Waals surface area contributed by atoms with Gasteiger partial charge < -0.3 is 19.4 Å². The highest BCUT2D eigenvalue weighted by atomic mass is 16.5. The maximum atomic E-state index is 12.2. The van der Waals surface area contributed by atoms with E-state index in [1.807, 2.05) is 24.3 Å². The van der Waals surface area contributed by atoms with Gasteiger partial charge in [0.1, 0.15) is 0 Å². The van der Waals surface area contributed by atoms with Crippen LogP contribution in [0.4, 0.5) is 4.79 Å². The Morgan fingerprint density at radius 3 is 2.67 bits per heavy atom. The van der Waals surface area contributed by atoms with Gasteiger partial charge in [-0.25, -0.2) is 14.6 Å². The van der Waals surface area contributed by atoms with E-state index in [0.29, 0.717) is 0 Å². The molecule has 1 heterocycles. The van der Waals surface area contributed by atoms with E-state index >= 15 is 0 Å². The van der Waals surface area contributed by atoms with Crippen LogP contribution < -0.4 is 5.32 Å². The molecular formula is C14H17N3O4. The van der Waals surface area contributed by atoms with Crippen molar-refractivity contribution in [3.8, 4) is 0 Å². The number of benzene rings is 1. The van der Waals surface area contributed by atoms with Gasteiger partial charge in [-0.1, -0.05) is 12.1 Å². The molecular weight excluding hydrogens is 274 g/mol. The summed E-state index contributed by atoms with van der Waals surface area (Å²) in [6, 6.07) is 7.41. The summed E-state index contributed by atoms with van der Waals surface area (Å²) in [4.78, 5) is 27.8. The molecule has 0 spiro atoms. The first-order chi connectivity index (χ1) is 10.0. The van der Waals surface area contributed by atoms with Crippen molar-refractivity contribution in [1.29, 1.82) is 0 Å². The summed E-state index contributed by atoms with van der Waals surface area (Å²) >= 11 is 0. The molecule has 0 aliphatic carbocycles. The van der Waals surface area contributed by atoms with Gasteiger partial charge in [0.2, 0.25) is 0 Å². The Hall–Kier alpha value is -2.57. The second-order valence-corrected chi connectivity index (χ2v) is 4.71. The first kappa shape index (κ1) is 14.8. The van der Waals surface area contributed by atoms with Crippen molar-refractivity contribution in [2.75, 3.05) is 20.8 Å². The molecule has 2 aromatic rings. The van der Waals surface area contributed by atoms with Crippen LogP contribution in [0.2, 0.25) is 0 Å². The number of hydrogen-bond donors (Lipinski definition) is 1. The van der Waals surface area contributed by atoms with E-state index < -0.39 is 17.6 Å². The van der Waals surface area contributed by atoms with Crippen LogP contribution in [0.3, 0.4) is 0 Å². The second-order valence-electron chi connectivity index (χ2n) is 4.71. The summed E-state index contributed by atoms with van der Waals surface area (Å²) in [7, 11) is 2.56. The van der Waals surface area contributed by atoms with Crippen molar-refractivity contribution < 1.29 is 19.1 Å². The van der Waals surface area contributed by atoms with Crippen LogP contribution in [-0.2, 0) is 19.8 Å². The Kier molecular flexibility index (Phi) is 4.11. The lowest BCUT2D eigenvalue weighted by atomic mass is 10.0. The molecule has 0 saturated carbocycles. The minimum absolute atomic E-state index is 0.0205. The molecule has 7 heteroatoms. The quantitative estimate of drug-likeness (QED) is 0.858. The van der Waals surface area contributed by atoms with Crippen molar-refractivity contribution in [3.63, 3.8) is 0 Å². The predicted octanol–water partition coefficient (Wildman–Crippen LogP) is 1.28. The van der Waals surface area contributed by atoms with Crippen LogP contribution >= 0.6 is 0 Å². The van der Waals surface area contributed by atoms with Crippen molar-refractivity contribution >= 4 is 23.1 Å². The SMILES string of the molecule is COC(=O)NC[C@@](C)(C(=O)OC)n1cnc2ccccc21. The number of para-hydroxylation sites is 2. The summed E-state index contributed by atoms with van der Waals surface area (Å²) in [6.07, 6.45) is 0.940. The van der Waals surface area contributed by atoms with Gasteiger partial charge in [-0.3, -0.25) is 0 Å². The molecule has 112 valence electrons. The van der Waals surface area contributed by atoms with E-state index in [4.69, 9.17) is 4.74 Å². The highest BCUT2D eigenvalue weighted by molar-refractivity contribution is 5.84. The van der Waals surface area contributed by atoms with Crippen LogP contribution in [0.5, 0.6) is 0 Å². The number of nitrogens with one attached hydrogen (secondary N) is 1. The molecule has 0 saturated heterocycles. The maximum Gasteiger partial charge on any atom is 0.406 e. The summed E-state index contributed by atoms with van der Waals surface area (Å²) in [5.41, 5.74) is 0.404. The normalized spacial score (nSPS) is 13.5. The van der Waals surface area contributed by atoms with E-state index in [-0.39, 0.29) is 6.54 Å². The highest BCUT2D eigenvalue weighted by Crippen LogP contribution is 2.23. The van der Waals surface area contributed by atoms with Crippen LogP contribution in [0.15, 0.2) is 30.6 Å². The third-order valence-corrected chi connectivity index (χ3v) is 3.37. The minimum Gasteiger partial charge on any atom is -0.467 e. The monoisotopic (exact) mass is 291 g/mol. The number of nitrogens with zero attached hydrogens (tertiary/aromatic N) is 2. The number of imidazole rings is 1. The molecule has 0 fully saturated rings. The molecule has 0 bridgehead atoms. The number of ether oxygens (including phenoxy) is 2. The molecule has 0 aliphatic heterocycles. The topological polar surface area (TPSA) is 82.5 Å². The molecule has 1 N–H and O–H groups in total. The Morgan fingerprint density at radius 1 is 1.29 bits per heavy atom. The Bertz CT molecular complexity index is 667. The zero-order chi connectivity index (χ0) is 15.5. The maximum absolute atomic E-state index is 12.2. The molecule has 7 nitrogen and oxygen atoms in total. The van der Waals surface area contributed by atoms with Gasteiger partial charge in [-0.15, -0.1) is 0 Å². The van der Waals surface area contributed by atoms with Gasteiger partial charge in [-0.2, -0.15) is 0 Å². The predicted molar refractivity (Wildman–Crippen MR) is 75.8 cm³/mol. The third kappa shape index (κ3) is 2.67. The number of hydrogen-bond acceptors (Lipinski definition) is 5. The van der Waals surface area contributed by atoms with Gasteiger partial charge in [0.25, 0.3) is 0 Å². The van der Waals surface area contributed by atoms with Crippen LogP contribution in [0.25, 0.3) is 11.0 Å². The molecule has 1 aromatic heterocycles. The average Bonchev–Trinajstić information content (AvgIpc) is 2.95. The number of carbonyl (C=O) groups is 2. The molecule has 0 radical (unpaired) electrons. The first-order valence-electron chi connectivity index (χ1n) is 6.35. The van der Waals surface area contributed by atoms with E-state index in [1.54, 1.807) is 17.8 Å². The Labute approximate surface area is 121 Å². The molecule has 0 aliphatic rings. The lowest BCUT2D eigenvalue weighted by Gasteiger charge is -2.28. The van der Waals surface area contributed by atoms with E-state index in [1.165, 1.54) is 14.2 Å². The van der Waals surface area contributed by atoms with Gasteiger partial charge >= 0.3 is 12.1 Å². The number of methoxy groups -OCH3 is 2. The van der Waals surface area contributed by atoms with E-state index in [0.717, 1.165) is 11.0 Å². The summed E-state index contributed by atoms with van der Waals surface area (Å²) in [6.45, 7) is 1.69. The number of amides is 1. The van der Waals surface area contributed by atoms with Crippen molar-refractivity contribution in [2.45, 2.75) is 12.5 Å². The van der Waals surface area contributed by atoms with E-state index in [9.17, 15) is 9.59 Å². The zero-order valence-corrected chi connectivity index (χ0v) is 12.1. The average molecular weight is 291 g/mol. The van der Waals surface area contributed by atoms with Crippen LogP contribution in [0, 0.1) is 0 Å². The van der Waals surface area contributed by atoms with Crippen LogP contribution in [-0.4, -0.2) is 42.4 Å². The first-order valence-corrected chi connectivity index (χ1v) is 6.35. The molecule has 1 atom stereocenters. The number of fused-ring (bicyclic) bond motifs is 1. The third-order valence-electron chi connectivity index (χ3n) is 3.37. The summed E-state index contributed by atoms with van der Waals surface area (Å²) < 4.78 is 11.1. The molecule has 0 unspecified atom stereocenters. The minimum atomic E-state index is -1.13. The fraction of sp³-hybridized carbons (Fsp3) is 0.357. The van der Waals surface area contributed by atoms with Crippen molar-refractivity contribution in [2.24, 2.45) is 0 Å². The van der Waals surface area contributed by atoms with Crippen molar-refractivity contribution in [1.82, 2.24) is 14.9 Å². The smallest absolute Gasteiger partial charge is 0.406 e. The van der Waals surface area contributed by atoms with Crippen LogP contribution in [0.1, 0.15) is 6.92 Å². The number of rotatable bonds is 4. The standard InChI is InChI=1S/C14H17N3O4/c1-14(12(18)20-2,8-15-13(19)21-3)17-9-16-10-6-4-5-7-11(10)17/h4-7,9H,8H2,1-3H3,(H,15,19)/t14-/m0/s1. The van der Waals surface area contributed by atoms with Gasteiger partial charge in [0.05, 0.1) is 38.1 Å². The molecule has 21 heavy (non-hydrogen) atoms. The Balaban J connectivity index is 2.44. The fourth-order valence-corrected chi connectivity index (χ4v) is 2.14. The fourth-order valence-electron chi connectivity index (χ4n) is 2.14. The van der Waals surface area contributed by atoms with Gasteiger partial charge in [0.15, 0.2) is 5.54 Å². The second kappa shape index (κ2) is 5.82. The summed E-state index contributed by atoms with van der Waals surface area (Å²) in [5, 5.41) is 2.53. The molecule has 1 aromatic carbocycles. The largest absolute Gasteiger partial charge is 0.467 e. The lowest BCUT2D eigenvalue weighted by molar-refractivity contribution is -0.150. The number of alkyl carbamates (subject to hydrolysis) is 1. The number of esters is 1. The Morgan fingerprint density at radius 2 is 2.00 bits per heavy atom. The van der Waals surface area contributed by atoms with Gasteiger partial charge in [0, 0.05) is 0 Å². The highest BCUT2D eigenvalue weighted by Gasteiger charge is 2.38. The van der Waals surface area contributed by atoms with E-state index in [2.05, 4.69) is 15.0 Å². The van der Waals surface area contributed by atoms with Crippen molar-refractivity contribution in [3.05, 3.63) is 30.6 Å². The molecule has 1 amide bonds. The number of aromatic nitrogens is 2. The zero-order valence-electron chi connectivity index (χ0n) is 12.1.